The maximum Gasteiger partial charge on any atom is 0.343 e. The lowest BCUT2D eigenvalue weighted by atomic mass is 10.2. The molecule has 2 fully saturated rings. The highest BCUT2D eigenvalue weighted by Gasteiger charge is 2.28. The molecule has 2 saturated heterocycles. The van der Waals surface area contributed by atoms with Gasteiger partial charge in [0.2, 0.25) is 20.0 Å². The maximum atomic E-state index is 13.1. The Morgan fingerprint density at radius 2 is 1.17 bits per heavy atom. The molecule has 1 amide bonds. The third-order valence-electron chi connectivity index (χ3n) is 6.72. The van der Waals surface area contributed by atoms with Crippen molar-refractivity contribution in [2.75, 3.05) is 57.9 Å². The van der Waals surface area contributed by atoms with Gasteiger partial charge in [-0.25, -0.2) is 21.6 Å². The Morgan fingerprint density at radius 1 is 0.667 bits per heavy atom. The molecule has 14 heteroatoms. The SMILES string of the molecule is O=C(Nc1ccccc1OC(=O)c1cccc(S(=O)(=O)N2CCOCC2)c1)c1cccc(S(=O)(=O)N2CCOCC2)c1. The van der Waals surface area contributed by atoms with Crippen LogP contribution < -0.4 is 10.1 Å². The van der Waals surface area contributed by atoms with Crippen molar-refractivity contribution in [3.63, 3.8) is 0 Å². The summed E-state index contributed by atoms with van der Waals surface area (Å²) >= 11 is 0. The van der Waals surface area contributed by atoms with E-state index in [1.165, 1.54) is 69.3 Å². The van der Waals surface area contributed by atoms with Crippen molar-refractivity contribution in [2.24, 2.45) is 0 Å². The van der Waals surface area contributed by atoms with Crippen molar-refractivity contribution in [1.29, 1.82) is 0 Å². The second kappa shape index (κ2) is 12.7. The number of nitrogens with one attached hydrogen (secondary N) is 1. The number of para-hydroxylation sites is 2. The summed E-state index contributed by atoms with van der Waals surface area (Å²) in [5.41, 5.74) is 0.257. The summed E-state index contributed by atoms with van der Waals surface area (Å²) in [6.07, 6.45) is 0. The van der Waals surface area contributed by atoms with Gasteiger partial charge < -0.3 is 19.5 Å². The van der Waals surface area contributed by atoms with Gasteiger partial charge in [0.15, 0.2) is 5.75 Å². The predicted octanol–water partition coefficient (Wildman–Crippen LogP) is 2.20. The largest absolute Gasteiger partial charge is 0.421 e. The van der Waals surface area contributed by atoms with Crippen LogP contribution in [0.25, 0.3) is 0 Å². The zero-order valence-electron chi connectivity index (χ0n) is 22.5. The number of hydrogen-bond donors (Lipinski definition) is 1. The molecule has 3 aromatic rings. The first kappa shape index (κ1) is 29.8. The number of nitrogens with zero attached hydrogens (tertiary/aromatic N) is 2. The van der Waals surface area contributed by atoms with Gasteiger partial charge in [-0.3, -0.25) is 4.79 Å². The highest BCUT2D eigenvalue weighted by Crippen LogP contribution is 2.27. The summed E-state index contributed by atoms with van der Waals surface area (Å²) in [6.45, 7) is 2.04. The summed E-state index contributed by atoms with van der Waals surface area (Å²) in [6, 6.07) is 17.4. The predicted molar refractivity (Wildman–Crippen MR) is 151 cm³/mol. The first-order chi connectivity index (χ1) is 20.2. The molecule has 0 bridgehead atoms. The number of morpholine rings is 2. The average Bonchev–Trinajstić information content (AvgIpc) is 3.03. The fraction of sp³-hybridized carbons (Fsp3) is 0.286. The number of sulfonamides is 2. The molecule has 2 aliphatic heterocycles. The second-order valence-corrected chi connectivity index (χ2v) is 13.3. The Labute approximate surface area is 243 Å². The van der Waals surface area contributed by atoms with E-state index >= 15 is 0 Å². The van der Waals surface area contributed by atoms with Crippen LogP contribution in [0.2, 0.25) is 0 Å². The lowest BCUT2D eigenvalue weighted by molar-refractivity contribution is 0.0727. The molecule has 2 aliphatic rings. The minimum atomic E-state index is -3.83. The monoisotopic (exact) mass is 615 g/mol. The Kier molecular flexibility index (Phi) is 9.01. The Morgan fingerprint density at radius 3 is 1.74 bits per heavy atom. The summed E-state index contributed by atoms with van der Waals surface area (Å²) in [7, 11) is -7.65. The average molecular weight is 616 g/mol. The number of carbonyl (C=O) groups is 2. The first-order valence-corrected chi connectivity index (χ1v) is 16.0. The normalized spacial score (nSPS) is 17.0. The van der Waals surface area contributed by atoms with Crippen molar-refractivity contribution < 1.29 is 40.6 Å². The van der Waals surface area contributed by atoms with E-state index in [-0.39, 0.29) is 71.7 Å². The van der Waals surface area contributed by atoms with E-state index in [0.717, 1.165) is 0 Å². The molecule has 12 nitrogen and oxygen atoms in total. The Bertz CT molecular complexity index is 1560. The van der Waals surface area contributed by atoms with Crippen molar-refractivity contribution in [3.8, 4) is 5.75 Å². The van der Waals surface area contributed by atoms with Crippen LogP contribution in [0.1, 0.15) is 20.7 Å². The van der Waals surface area contributed by atoms with E-state index in [4.69, 9.17) is 14.2 Å². The molecule has 0 aromatic heterocycles. The molecule has 0 saturated carbocycles. The molecular formula is C28H29N3O9S2. The van der Waals surface area contributed by atoms with Crippen LogP contribution in [0.4, 0.5) is 5.69 Å². The van der Waals surface area contributed by atoms with Crippen molar-refractivity contribution >= 4 is 37.6 Å². The van der Waals surface area contributed by atoms with Crippen molar-refractivity contribution in [3.05, 3.63) is 83.9 Å². The van der Waals surface area contributed by atoms with Gasteiger partial charge in [-0.05, 0) is 48.5 Å². The van der Waals surface area contributed by atoms with E-state index in [1.54, 1.807) is 12.1 Å². The summed E-state index contributed by atoms with van der Waals surface area (Å²) < 4.78 is 70.8. The van der Waals surface area contributed by atoms with Gasteiger partial charge in [0.25, 0.3) is 5.91 Å². The molecule has 0 spiro atoms. The van der Waals surface area contributed by atoms with Gasteiger partial charge in [-0.2, -0.15) is 8.61 Å². The quantitative estimate of drug-likeness (QED) is 0.297. The van der Waals surface area contributed by atoms with E-state index < -0.39 is 31.9 Å². The molecular weight excluding hydrogens is 586 g/mol. The smallest absolute Gasteiger partial charge is 0.343 e. The Hall–Kier alpha value is -3.66. The van der Waals surface area contributed by atoms with Crippen LogP contribution in [0.15, 0.2) is 82.6 Å². The zero-order valence-corrected chi connectivity index (χ0v) is 24.1. The minimum absolute atomic E-state index is 0.00600. The third-order valence-corrected chi connectivity index (χ3v) is 10.5. The van der Waals surface area contributed by atoms with E-state index in [0.29, 0.717) is 13.2 Å². The number of carbonyl (C=O) groups excluding carboxylic acids is 2. The lowest BCUT2D eigenvalue weighted by Gasteiger charge is -2.26. The van der Waals surface area contributed by atoms with Gasteiger partial charge in [-0.1, -0.05) is 24.3 Å². The van der Waals surface area contributed by atoms with Crippen LogP contribution in [0.5, 0.6) is 5.75 Å². The number of rotatable bonds is 8. The molecule has 0 atom stereocenters. The molecule has 3 aromatic carbocycles. The highest BCUT2D eigenvalue weighted by molar-refractivity contribution is 7.89. The van der Waals surface area contributed by atoms with E-state index in [1.807, 2.05) is 0 Å². The van der Waals surface area contributed by atoms with Crippen molar-refractivity contribution in [2.45, 2.75) is 9.79 Å². The van der Waals surface area contributed by atoms with E-state index in [2.05, 4.69) is 5.32 Å². The zero-order chi connectivity index (χ0) is 29.7. The number of hydrogen-bond acceptors (Lipinski definition) is 9. The molecule has 0 radical (unpaired) electrons. The minimum Gasteiger partial charge on any atom is -0.421 e. The first-order valence-electron chi connectivity index (χ1n) is 13.1. The molecule has 0 aliphatic carbocycles. The highest BCUT2D eigenvalue weighted by atomic mass is 32.2. The van der Waals surface area contributed by atoms with Crippen LogP contribution >= 0.6 is 0 Å². The van der Waals surface area contributed by atoms with Gasteiger partial charge in [-0.15, -0.1) is 0 Å². The molecule has 1 N–H and O–H groups in total. The number of anilines is 1. The van der Waals surface area contributed by atoms with Crippen LogP contribution in [-0.2, 0) is 29.5 Å². The van der Waals surface area contributed by atoms with Gasteiger partial charge in [0.1, 0.15) is 0 Å². The van der Waals surface area contributed by atoms with E-state index in [9.17, 15) is 26.4 Å². The summed E-state index contributed by atoms with van der Waals surface area (Å²) in [5.74, 6) is -1.42. The summed E-state index contributed by atoms with van der Waals surface area (Å²) in [4.78, 5) is 26.1. The third kappa shape index (κ3) is 6.53. The lowest BCUT2D eigenvalue weighted by Crippen LogP contribution is -2.40. The maximum absolute atomic E-state index is 13.1. The van der Waals surface area contributed by atoms with Crippen molar-refractivity contribution in [1.82, 2.24) is 8.61 Å². The fourth-order valence-corrected chi connectivity index (χ4v) is 7.37. The second-order valence-electron chi connectivity index (χ2n) is 9.43. The molecule has 0 unspecified atom stereocenters. The molecule has 2 heterocycles. The number of amides is 1. The fourth-order valence-electron chi connectivity index (χ4n) is 4.47. The Balaban J connectivity index is 1.32. The molecule has 42 heavy (non-hydrogen) atoms. The number of esters is 1. The van der Waals surface area contributed by atoms with Crippen LogP contribution in [0.3, 0.4) is 0 Å². The van der Waals surface area contributed by atoms with Gasteiger partial charge >= 0.3 is 5.97 Å². The molecule has 5 rings (SSSR count). The topological polar surface area (TPSA) is 149 Å². The van der Waals surface area contributed by atoms with Gasteiger partial charge in [0.05, 0.1) is 47.5 Å². The number of benzene rings is 3. The van der Waals surface area contributed by atoms with Crippen LogP contribution in [-0.4, -0.2) is 89.9 Å². The summed E-state index contributed by atoms with van der Waals surface area (Å²) in [5, 5.41) is 2.66. The number of ether oxygens (including phenoxy) is 3. The molecule has 222 valence electrons. The standard InChI is InChI=1S/C28H29N3O9S2/c32-27(21-5-3-7-23(19-21)41(34,35)30-11-15-38-16-12-30)29-25-9-1-2-10-26(25)40-28(33)22-6-4-8-24(20-22)42(36,37)31-13-17-39-18-14-31/h1-10,19-20H,11-18H2,(H,29,32). The van der Waals surface area contributed by atoms with Gasteiger partial charge in [0, 0.05) is 31.7 Å². The van der Waals surface area contributed by atoms with Crippen LogP contribution in [0, 0.1) is 0 Å².